The third kappa shape index (κ3) is 3.98. The van der Waals surface area contributed by atoms with Gasteiger partial charge in [-0.1, -0.05) is 12.1 Å². The summed E-state index contributed by atoms with van der Waals surface area (Å²) in [7, 11) is 0. The molecule has 0 aliphatic heterocycles. The minimum atomic E-state index is -0.640. The Morgan fingerprint density at radius 2 is 1.88 bits per heavy atom. The van der Waals surface area contributed by atoms with Crippen molar-refractivity contribution in [1.29, 1.82) is 0 Å². The van der Waals surface area contributed by atoms with Crippen molar-refractivity contribution in [2.75, 3.05) is 0 Å². The highest BCUT2D eigenvalue weighted by molar-refractivity contribution is 5.81. The van der Waals surface area contributed by atoms with Crippen molar-refractivity contribution in [2.24, 2.45) is 0 Å². The van der Waals surface area contributed by atoms with Crippen molar-refractivity contribution >= 4 is 16.9 Å². The van der Waals surface area contributed by atoms with Gasteiger partial charge in [-0.25, -0.2) is 9.18 Å². The van der Waals surface area contributed by atoms with Gasteiger partial charge in [0.05, 0.1) is 25.0 Å². The van der Waals surface area contributed by atoms with E-state index in [4.69, 9.17) is 4.42 Å². The molecule has 166 valence electrons. The number of hydrogen-bond acceptors (Lipinski definition) is 5. The maximum absolute atomic E-state index is 13.3. The molecule has 0 atom stereocenters. The molecule has 3 heterocycles. The van der Waals surface area contributed by atoms with E-state index >= 15 is 0 Å². The molecule has 0 unspecified atom stereocenters. The Balaban J connectivity index is 1.78. The molecule has 10 heteroatoms. The number of aromatic nitrogens is 4. The van der Waals surface area contributed by atoms with Gasteiger partial charge in [0.25, 0.3) is 5.56 Å². The molecular weight excluding hydrogens is 417 g/mol. The van der Waals surface area contributed by atoms with E-state index in [9.17, 15) is 18.8 Å². The largest absolute Gasteiger partial charge is 0.467 e. The highest BCUT2D eigenvalue weighted by atomic mass is 19.1. The van der Waals surface area contributed by atoms with Gasteiger partial charge >= 0.3 is 5.69 Å². The predicted molar refractivity (Wildman–Crippen MR) is 115 cm³/mol. The highest BCUT2D eigenvalue weighted by Gasteiger charge is 2.21. The zero-order valence-corrected chi connectivity index (χ0v) is 17.7. The van der Waals surface area contributed by atoms with Crippen LogP contribution in [0.25, 0.3) is 11.0 Å². The first-order chi connectivity index (χ1) is 15.4. The summed E-state index contributed by atoms with van der Waals surface area (Å²) in [4.78, 5) is 39.2. The average Bonchev–Trinajstić information content (AvgIpc) is 3.41. The molecule has 1 aromatic carbocycles. The van der Waals surface area contributed by atoms with E-state index in [0.717, 1.165) is 4.57 Å². The van der Waals surface area contributed by atoms with Crippen LogP contribution in [0.15, 0.2) is 56.7 Å². The van der Waals surface area contributed by atoms with E-state index in [2.05, 4.69) is 10.4 Å². The van der Waals surface area contributed by atoms with Crippen molar-refractivity contribution in [2.45, 2.75) is 40.0 Å². The quantitative estimate of drug-likeness (QED) is 0.473. The van der Waals surface area contributed by atoms with Crippen LogP contribution in [0.4, 0.5) is 4.39 Å². The normalized spacial score (nSPS) is 11.2. The van der Waals surface area contributed by atoms with Crippen LogP contribution in [0.3, 0.4) is 0 Å². The standard InChI is InChI=1S/C22H22FN5O4/c1-3-28-20-19(14(2)25-28)26(13-18(29)24-11-17-5-4-10-32-17)22(31)27(21(20)30)12-15-6-8-16(23)9-7-15/h4-10H,3,11-13H2,1-2H3,(H,24,29). The third-order valence-electron chi connectivity index (χ3n) is 5.17. The molecule has 0 saturated carbocycles. The van der Waals surface area contributed by atoms with Crippen LogP contribution < -0.4 is 16.6 Å². The Labute approximate surface area is 181 Å². The number of nitrogens with one attached hydrogen (secondary N) is 1. The lowest BCUT2D eigenvalue weighted by molar-refractivity contribution is -0.121. The zero-order valence-electron chi connectivity index (χ0n) is 17.7. The Hall–Kier alpha value is -3.95. The number of amides is 1. The fourth-order valence-electron chi connectivity index (χ4n) is 3.65. The van der Waals surface area contributed by atoms with Crippen molar-refractivity contribution in [1.82, 2.24) is 24.2 Å². The van der Waals surface area contributed by atoms with Gasteiger partial charge in [-0.15, -0.1) is 0 Å². The van der Waals surface area contributed by atoms with Crippen LogP contribution in [-0.4, -0.2) is 24.8 Å². The number of rotatable bonds is 7. The number of carbonyl (C=O) groups is 1. The fourth-order valence-corrected chi connectivity index (χ4v) is 3.65. The lowest BCUT2D eigenvalue weighted by atomic mass is 10.2. The van der Waals surface area contributed by atoms with E-state index in [-0.39, 0.29) is 25.2 Å². The lowest BCUT2D eigenvalue weighted by Crippen LogP contribution is -2.43. The summed E-state index contributed by atoms with van der Waals surface area (Å²) in [5.41, 5.74) is 0.473. The monoisotopic (exact) mass is 439 g/mol. The van der Waals surface area contributed by atoms with Gasteiger partial charge < -0.3 is 9.73 Å². The van der Waals surface area contributed by atoms with E-state index in [1.165, 1.54) is 39.8 Å². The number of furan rings is 1. The first-order valence-corrected chi connectivity index (χ1v) is 10.1. The van der Waals surface area contributed by atoms with Gasteiger partial charge in [-0.2, -0.15) is 5.10 Å². The number of carbonyl (C=O) groups excluding carboxylic acids is 1. The van der Waals surface area contributed by atoms with E-state index in [0.29, 0.717) is 29.1 Å². The number of benzene rings is 1. The van der Waals surface area contributed by atoms with Gasteiger partial charge in [0.2, 0.25) is 5.91 Å². The van der Waals surface area contributed by atoms with Gasteiger partial charge in [0.15, 0.2) is 5.52 Å². The zero-order chi connectivity index (χ0) is 22.8. The molecule has 3 aromatic heterocycles. The number of nitrogens with zero attached hydrogens (tertiary/aromatic N) is 4. The molecule has 9 nitrogen and oxygen atoms in total. The van der Waals surface area contributed by atoms with E-state index in [1.54, 1.807) is 19.1 Å². The van der Waals surface area contributed by atoms with Crippen LogP contribution >= 0.6 is 0 Å². The number of hydrogen-bond donors (Lipinski definition) is 1. The molecule has 0 radical (unpaired) electrons. The van der Waals surface area contributed by atoms with E-state index < -0.39 is 23.0 Å². The van der Waals surface area contributed by atoms with Crippen LogP contribution in [0.1, 0.15) is 23.9 Å². The predicted octanol–water partition coefficient (Wildman–Crippen LogP) is 1.78. The molecule has 0 bridgehead atoms. The molecule has 4 aromatic rings. The van der Waals surface area contributed by atoms with Gasteiger partial charge in [-0.3, -0.25) is 23.4 Å². The Bertz CT molecular complexity index is 1380. The second-order valence-corrected chi connectivity index (χ2v) is 7.34. The Kier molecular flexibility index (Phi) is 5.76. The summed E-state index contributed by atoms with van der Waals surface area (Å²) in [5.74, 6) is -0.255. The van der Waals surface area contributed by atoms with Crippen LogP contribution in [0.2, 0.25) is 0 Å². The molecule has 0 aliphatic carbocycles. The van der Waals surface area contributed by atoms with Crippen molar-refractivity contribution in [3.63, 3.8) is 0 Å². The van der Waals surface area contributed by atoms with Crippen LogP contribution in [0.5, 0.6) is 0 Å². The second kappa shape index (κ2) is 8.66. The Morgan fingerprint density at radius 3 is 2.53 bits per heavy atom. The maximum Gasteiger partial charge on any atom is 0.332 e. The topological polar surface area (TPSA) is 104 Å². The minimum Gasteiger partial charge on any atom is -0.467 e. The first-order valence-electron chi connectivity index (χ1n) is 10.1. The first kappa shape index (κ1) is 21.3. The summed E-state index contributed by atoms with van der Waals surface area (Å²) in [5, 5.41) is 7.08. The van der Waals surface area contributed by atoms with Gasteiger partial charge in [-0.05, 0) is 43.7 Å². The average molecular weight is 439 g/mol. The Morgan fingerprint density at radius 1 is 1.12 bits per heavy atom. The molecule has 4 rings (SSSR count). The van der Waals surface area contributed by atoms with Crippen molar-refractivity contribution < 1.29 is 13.6 Å². The second-order valence-electron chi connectivity index (χ2n) is 7.34. The smallest absolute Gasteiger partial charge is 0.332 e. The van der Waals surface area contributed by atoms with Crippen LogP contribution in [0, 0.1) is 12.7 Å². The third-order valence-corrected chi connectivity index (χ3v) is 5.17. The summed E-state index contributed by atoms with van der Waals surface area (Å²) in [6.45, 7) is 3.76. The lowest BCUT2D eigenvalue weighted by Gasteiger charge is -2.13. The number of halogens is 1. The number of aryl methyl sites for hydroxylation is 2. The molecule has 1 amide bonds. The van der Waals surface area contributed by atoms with Crippen molar-refractivity contribution in [3.05, 3.63) is 86.3 Å². The summed E-state index contributed by atoms with van der Waals surface area (Å²) in [6.07, 6.45) is 1.50. The fraction of sp³-hybridized carbons (Fsp3) is 0.273. The summed E-state index contributed by atoms with van der Waals surface area (Å²) < 4.78 is 22.3. The van der Waals surface area contributed by atoms with E-state index in [1.807, 2.05) is 6.92 Å². The van der Waals surface area contributed by atoms with Gasteiger partial charge in [0.1, 0.15) is 23.6 Å². The molecule has 0 fully saturated rings. The maximum atomic E-state index is 13.3. The van der Waals surface area contributed by atoms with Gasteiger partial charge in [0, 0.05) is 6.54 Å². The molecule has 0 spiro atoms. The molecular formula is C22H22FN5O4. The minimum absolute atomic E-state index is 0.0597. The summed E-state index contributed by atoms with van der Waals surface area (Å²) >= 11 is 0. The molecule has 1 N–H and O–H groups in total. The molecule has 0 saturated heterocycles. The molecule has 32 heavy (non-hydrogen) atoms. The summed E-state index contributed by atoms with van der Waals surface area (Å²) in [6, 6.07) is 8.98. The highest BCUT2D eigenvalue weighted by Crippen LogP contribution is 2.14. The SMILES string of the molecule is CCn1nc(C)c2c1c(=O)n(Cc1ccc(F)cc1)c(=O)n2CC(=O)NCc1ccco1. The van der Waals surface area contributed by atoms with Crippen molar-refractivity contribution in [3.8, 4) is 0 Å². The molecule has 0 aliphatic rings. The number of fused-ring (bicyclic) bond motifs is 1. The van der Waals surface area contributed by atoms with Crippen LogP contribution in [-0.2, 0) is 31.0 Å².